The second-order valence-electron chi connectivity index (χ2n) is 3.73. The average Bonchev–Trinajstić information content (AvgIpc) is 2.33. The zero-order chi connectivity index (χ0) is 14.9. The van der Waals surface area contributed by atoms with E-state index in [1.54, 1.807) is 0 Å². The summed E-state index contributed by atoms with van der Waals surface area (Å²) >= 11 is 0. The van der Waals surface area contributed by atoms with Gasteiger partial charge in [0.25, 0.3) is 0 Å². The predicted octanol–water partition coefficient (Wildman–Crippen LogP) is 2.73. The average molecular weight is 284 g/mol. The molecule has 2 aromatic rings. The second kappa shape index (κ2) is 5.03. The first-order chi connectivity index (χ1) is 9.38. The van der Waals surface area contributed by atoms with Gasteiger partial charge in [0, 0.05) is 18.2 Å². The molecule has 0 aliphatic carbocycles. The van der Waals surface area contributed by atoms with E-state index in [2.05, 4.69) is 10.3 Å². The molecular formula is C11H7F3N4O2. The third-order valence-electron chi connectivity index (χ3n) is 2.36. The first kappa shape index (κ1) is 13.6. The topological polar surface area (TPSA) is 94.1 Å². The largest absolute Gasteiger partial charge is 0.378 e. The molecule has 0 atom stereocenters. The molecule has 1 heterocycles. The Morgan fingerprint density at radius 3 is 2.30 bits per heavy atom. The fourth-order valence-electron chi connectivity index (χ4n) is 1.48. The van der Waals surface area contributed by atoms with Crippen LogP contribution in [-0.4, -0.2) is 9.91 Å². The summed E-state index contributed by atoms with van der Waals surface area (Å²) in [6, 6.07) is 3.13. The van der Waals surface area contributed by atoms with Gasteiger partial charge >= 0.3 is 5.69 Å². The van der Waals surface area contributed by atoms with E-state index in [4.69, 9.17) is 5.73 Å². The van der Waals surface area contributed by atoms with Crippen LogP contribution in [0.4, 0.5) is 36.2 Å². The number of aromatic nitrogens is 1. The van der Waals surface area contributed by atoms with Crippen LogP contribution in [0.15, 0.2) is 24.3 Å². The number of anilines is 3. The Bertz CT molecular complexity index is 670. The van der Waals surface area contributed by atoms with Crippen molar-refractivity contribution < 1.29 is 18.1 Å². The highest BCUT2D eigenvalue weighted by molar-refractivity contribution is 5.63. The highest BCUT2D eigenvalue weighted by Crippen LogP contribution is 2.26. The minimum absolute atomic E-state index is 0.113. The maximum atomic E-state index is 13.4. The molecule has 9 heteroatoms. The maximum Gasteiger partial charge on any atom is 0.311 e. The summed E-state index contributed by atoms with van der Waals surface area (Å²) in [5, 5.41) is 12.8. The van der Waals surface area contributed by atoms with E-state index in [0.29, 0.717) is 12.1 Å². The number of halogens is 3. The van der Waals surface area contributed by atoms with Crippen molar-refractivity contribution in [3.8, 4) is 0 Å². The first-order valence-corrected chi connectivity index (χ1v) is 5.21. The quantitative estimate of drug-likeness (QED) is 0.667. The van der Waals surface area contributed by atoms with Gasteiger partial charge in [-0.15, -0.1) is 0 Å². The number of hydrogen-bond donors (Lipinski definition) is 2. The second-order valence-corrected chi connectivity index (χ2v) is 3.73. The molecular weight excluding hydrogens is 277 g/mol. The van der Waals surface area contributed by atoms with Crippen molar-refractivity contribution in [2.75, 3.05) is 11.1 Å². The van der Waals surface area contributed by atoms with E-state index in [0.717, 1.165) is 12.1 Å². The van der Waals surface area contributed by atoms with Gasteiger partial charge in [0.05, 0.1) is 4.92 Å². The normalized spacial score (nSPS) is 10.3. The van der Waals surface area contributed by atoms with E-state index in [1.165, 1.54) is 0 Å². The molecule has 0 fully saturated rings. The smallest absolute Gasteiger partial charge is 0.311 e. The number of pyridine rings is 1. The fraction of sp³-hybridized carbons (Fsp3) is 0. The van der Waals surface area contributed by atoms with Gasteiger partial charge in [0.15, 0.2) is 11.6 Å². The zero-order valence-electron chi connectivity index (χ0n) is 9.73. The number of rotatable bonds is 3. The molecule has 0 bridgehead atoms. The molecule has 0 aliphatic heterocycles. The van der Waals surface area contributed by atoms with Crippen LogP contribution in [0.5, 0.6) is 0 Å². The van der Waals surface area contributed by atoms with Crippen molar-refractivity contribution in [2.45, 2.75) is 0 Å². The number of benzene rings is 1. The van der Waals surface area contributed by atoms with Crippen LogP contribution in [0.2, 0.25) is 0 Å². The number of nitrogens with two attached hydrogens (primary N) is 1. The highest BCUT2D eigenvalue weighted by atomic mass is 19.1. The Labute approximate surface area is 110 Å². The van der Waals surface area contributed by atoms with Gasteiger partial charge < -0.3 is 11.1 Å². The number of nitrogens with one attached hydrogen (secondary N) is 1. The van der Waals surface area contributed by atoms with Gasteiger partial charge in [-0.05, 0) is 6.07 Å². The van der Waals surface area contributed by atoms with Crippen molar-refractivity contribution >= 4 is 23.0 Å². The number of nitrogen functional groups attached to an aromatic ring is 1. The lowest BCUT2D eigenvalue weighted by Crippen LogP contribution is -2.04. The van der Waals surface area contributed by atoms with Crippen LogP contribution >= 0.6 is 0 Å². The van der Waals surface area contributed by atoms with Crippen LogP contribution < -0.4 is 11.1 Å². The molecule has 0 saturated heterocycles. The highest BCUT2D eigenvalue weighted by Gasteiger charge is 2.16. The molecule has 0 saturated carbocycles. The van der Waals surface area contributed by atoms with Gasteiger partial charge in [0.2, 0.25) is 5.82 Å². The van der Waals surface area contributed by atoms with Crippen LogP contribution in [0.3, 0.4) is 0 Å². The van der Waals surface area contributed by atoms with Crippen LogP contribution in [0, 0.1) is 27.6 Å². The molecule has 2 rings (SSSR count). The Balaban J connectivity index is 2.36. The summed E-state index contributed by atoms with van der Waals surface area (Å²) in [7, 11) is 0. The molecule has 3 N–H and O–H groups in total. The molecule has 6 nitrogen and oxygen atoms in total. The number of nitro groups is 1. The minimum Gasteiger partial charge on any atom is -0.378 e. The molecule has 0 radical (unpaired) electrons. The maximum absolute atomic E-state index is 13.4. The molecule has 104 valence electrons. The number of hydrogen-bond acceptors (Lipinski definition) is 5. The third-order valence-corrected chi connectivity index (χ3v) is 2.36. The van der Waals surface area contributed by atoms with Crippen LogP contribution in [-0.2, 0) is 0 Å². The lowest BCUT2D eigenvalue weighted by Gasteiger charge is -2.08. The van der Waals surface area contributed by atoms with E-state index < -0.39 is 39.6 Å². The van der Waals surface area contributed by atoms with Gasteiger partial charge in [-0.1, -0.05) is 0 Å². The van der Waals surface area contributed by atoms with Gasteiger partial charge in [-0.25, -0.2) is 18.2 Å². The zero-order valence-corrected chi connectivity index (χ0v) is 9.73. The molecule has 0 spiro atoms. The van der Waals surface area contributed by atoms with E-state index >= 15 is 0 Å². The number of nitrogens with zero attached hydrogens (tertiary/aromatic N) is 2. The standard InChI is InChI=1S/C11H7F3N4O2/c12-5-3-6(13)10(7(14)4-5)16-9-2-1-8(18(19)20)11(15)17-9/h1-4H,(H3,15,16,17). The molecule has 20 heavy (non-hydrogen) atoms. The van der Waals surface area contributed by atoms with Crippen molar-refractivity contribution in [3.05, 3.63) is 51.8 Å². The van der Waals surface area contributed by atoms with E-state index in [-0.39, 0.29) is 5.82 Å². The van der Waals surface area contributed by atoms with E-state index in [9.17, 15) is 23.3 Å². The van der Waals surface area contributed by atoms with Crippen molar-refractivity contribution in [3.63, 3.8) is 0 Å². The van der Waals surface area contributed by atoms with Gasteiger partial charge in [-0.2, -0.15) is 0 Å². The summed E-state index contributed by atoms with van der Waals surface area (Å²) in [5.41, 5.74) is 4.27. The molecule has 0 amide bonds. The third kappa shape index (κ3) is 2.60. The minimum atomic E-state index is -1.17. The summed E-state index contributed by atoms with van der Waals surface area (Å²) < 4.78 is 39.5. The Morgan fingerprint density at radius 2 is 1.80 bits per heavy atom. The molecule has 0 unspecified atom stereocenters. The van der Waals surface area contributed by atoms with Crippen molar-refractivity contribution in [1.29, 1.82) is 0 Å². The Kier molecular flexibility index (Phi) is 3.42. The first-order valence-electron chi connectivity index (χ1n) is 5.21. The lowest BCUT2D eigenvalue weighted by atomic mass is 10.2. The van der Waals surface area contributed by atoms with Gasteiger partial charge in [0.1, 0.15) is 17.3 Å². The Hall–Kier alpha value is -2.84. The monoisotopic (exact) mass is 284 g/mol. The predicted molar refractivity (Wildman–Crippen MR) is 64.9 cm³/mol. The van der Waals surface area contributed by atoms with E-state index in [1.807, 2.05) is 0 Å². The van der Waals surface area contributed by atoms with Crippen LogP contribution in [0.1, 0.15) is 0 Å². The van der Waals surface area contributed by atoms with Gasteiger partial charge in [-0.3, -0.25) is 10.1 Å². The molecule has 0 aliphatic rings. The van der Waals surface area contributed by atoms with Crippen molar-refractivity contribution in [2.24, 2.45) is 0 Å². The SMILES string of the molecule is Nc1nc(Nc2c(F)cc(F)cc2F)ccc1[N+](=O)[O-]. The lowest BCUT2D eigenvalue weighted by molar-refractivity contribution is -0.384. The summed E-state index contributed by atoms with van der Waals surface area (Å²) in [5.74, 6) is -3.93. The van der Waals surface area contributed by atoms with Crippen molar-refractivity contribution in [1.82, 2.24) is 4.98 Å². The van der Waals surface area contributed by atoms with Crippen LogP contribution in [0.25, 0.3) is 0 Å². The molecule has 1 aromatic heterocycles. The molecule has 1 aromatic carbocycles. The summed E-state index contributed by atoms with van der Waals surface area (Å²) in [6.45, 7) is 0. The fourth-order valence-corrected chi connectivity index (χ4v) is 1.48. The summed E-state index contributed by atoms with van der Waals surface area (Å²) in [6.07, 6.45) is 0. The Morgan fingerprint density at radius 1 is 1.20 bits per heavy atom. The summed E-state index contributed by atoms with van der Waals surface area (Å²) in [4.78, 5) is 13.4.